The third-order valence-corrected chi connectivity index (χ3v) is 6.35. The highest BCUT2D eigenvalue weighted by molar-refractivity contribution is 7.99. The Balaban J connectivity index is 1.61. The average Bonchev–Trinajstić information content (AvgIpc) is 3.24. The highest BCUT2D eigenvalue weighted by Crippen LogP contribution is 2.30. The van der Waals surface area contributed by atoms with E-state index in [1.807, 2.05) is 53.1 Å². The topological polar surface area (TPSA) is 69.0 Å². The summed E-state index contributed by atoms with van der Waals surface area (Å²) in [4.78, 5) is 12.6. The molecule has 0 saturated carbocycles. The first-order valence-corrected chi connectivity index (χ1v) is 11.7. The van der Waals surface area contributed by atoms with Crippen molar-refractivity contribution in [3.05, 3.63) is 82.9 Å². The molecule has 0 fully saturated rings. The van der Waals surface area contributed by atoms with E-state index < -0.39 is 0 Å². The first-order valence-electron chi connectivity index (χ1n) is 10.3. The lowest BCUT2D eigenvalue weighted by Gasteiger charge is -2.12. The predicted octanol–water partition coefficient (Wildman–Crippen LogP) is 5.94. The maximum Gasteiger partial charge on any atom is 0.234 e. The molecule has 0 aliphatic heterocycles. The van der Waals surface area contributed by atoms with E-state index in [2.05, 4.69) is 41.5 Å². The van der Waals surface area contributed by atoms with Crippen molar-refractivity contribution in [2.24, 2.45) is 0 Å². The Morgan fingerprint density at radius 3 is 2.55 bits per heavy atom. The van der Waals surface area contributed by atoms with Crippen LogP contribution in [0.1, 0.15) is 11.1 Å². The van der Waals surface area contributed by atoms with Crippen LogP contribution in [-0.4, -0.2) is 33.5 Å². The standard InChI is InChI=1S/C25H23ClN4O2S/c1-16-7-12-21(13-17(16)2)30-24(18-8-10-19(26)11-9-18)28-29-25(30)33-15-23(31)27-20-5-4-6-22(14-20)32-3/h4-14H,15H2,1-3H3,(H,27,31). The van der Waals surface area contributed by atoms with Crippen LogP contribution < -0.4 is 10.1 Å². The fourth-order valence-corrected chi connectivity index (χ4v) is 4.15. The van der Waals surface area contributed by atoms with E-state index in [0.29, 0.717) is 27.4 Å². The lowest BCUT2D eigenvalue weighted by atomic mass is 10.1. The van der Waals surface area contributed by atoms with Crippen LogP contribution in [0.5, 0.6) is 5.75 Å². The van der Waals surface area contributed by atoms with Gasteiger partial charge in [-0.1, -0.05) is 35.5 Å². The number of hydrogen-bond acceptors (Lipinski definition) is 5. The van der Waals surface area contributed by atoms with Crippen molar-refractivity contribution in [1.82, 2.24) is 14.8 Å². The van der Waals surface area contributed by atoms with E-state index in [1.54, 1.807) is 13.2 Å². The number of hydrogen-bond donors (Lipinski definition) is 1. The normalized spacial score (nSPS) is 10.8. The van der Waals surface area contributed by atoms with Crippen LogP contribution in [-0.2, 0) is 4.79 Å². The number of amides is 1. The molecule has 6 nitrogen and oxygen atoms in total. The maximum atomic E-state index is 12.6. The predicted molar refractivity (Wildman–Crippen MR) is 134 cm³/mol. The van der Waals surface area contributed by atoms with Gasteiger partial charge in [0.25, 0.3) is 0 Å². The Labute approximate surface area is 202 Å². The van der Waals surface area contributed by atoms with Gasteiger partial charge >= 0.3 is 0 Å². The zero-order chi connectivity index (χ0) is 23.4. The Kier molecular flexibility index (Phi) is 7.01. The van der Waals surface area contributed by atoms with Crippen LogP contribution in [0.4, 0.5) is 5.69 Å². The number of nitrogens with one attached hydrogen (secondary N) is 1. The summed E-state index contributed by atoms with van der Waals surface area (Å²) < 4.78 is 7.19. The van der Waals surface area contributed by atoms with Crippen molar-refractivity contribution in [2.75, 3.05) is 18.2 Å². The molecule has 1 N–H and O–H groups in total. The zero-order valence-electron chi connectivity index (χ0n) is 18.5. The molecule has 0 unspecified atom stereocenters. The minimum atomic E-state index is -0.143. The maximum absolute atomic E-state index is 12.6. The molecule has 4 aromatic rings. The van der Waals surface area contributed by atoms with E-state index >= 15 is 0 Å². The number of carbonyl (C=O) groups excluding carboxylic acids is 1. The Bertz CT molecular complexity index is 1290. The third-order valence-electron chi connectivity index (χ3n) is 5.17. The van der Waals surface area contributed by atoms with Gasteiger partial charge < -0.3 is 10.1 Å². The quantitative estimate of drug-likeness (QED) is 0.333. The SMILES string of the molecule is COc1cccc(NC(=O)CSc2nnc(-c3ccc(Cl)cc3)n2-c2ccc(C)c(C)c2)c1. The molecule has 0 aliphatic carbocycles. The zero-order valence-corrected chi connectivity index (χ0v) is 20.1. The Morgan fingerprint density at radius 2 is 1.82 bits per heavy atom. The van der Waals surface area contributed by atoms with E-state index in [1.165, 1.54) is 17.3 Å². The summed E-state index contributed by atoms with van der Waals surface area (Å²) in [5.41, 5.74) is 4.86. The molecule has 0 spiro atoms. The van der Waals surface area contributed by atoms with Crippen molar-refractivity contribution in [3.8, 4) is 22.8 Å². The number of methoxy groups -OCH3 is 1. The molecule has 8 heteroatoms. The highest BCUT2D eigenvalue weighted by Gasteiger charge is 2.18. The largest absolute Gasteiger partial charge is 0.497 e. The number of halogens is 1. The van der Waals surface area contributed by atoms with Gasteiger partial charge in [0.1, 0.15) is 5.75 Å². The number of anilines is 1. The summed E-state index contributed by atoms with van der Waals surface area (Å²) in [5, 5.41) is 13.0. The molecule has 168 valence electrons. The molecule has 1 aromatic heterocycles. The minimum Gasteiger partial charge on any atom is -0.497 e. The number of benzene rings is 3. The molecular weight excluding hydrogens is 456 g/mol. The number of nitrogens with zero attached hydrogens (tertiary/aromatic N) is 3. The molecule has 0 aliphatic rings. The van der Waals surface area contributed by atoms with Crippen LogP contribution in [0.25, 0.3) is 17.1 Å². The van der Waals surface area contributed by atoms with Gasteiger partial charge in [-0.05, 0) is 73.5 Å². The first kappa shape index (κ1) is 22.9. The second-order valence-electron chi connectivity index (χ2n) is 7.49. The van der Waals surface area contributed by atoms with Crippen molar-refractivity contribution < 1.29 is 9.53 Å². The Hall–Kier alpha value is -3.29. The third kappa shape index (κ3) is 5.38. The van der Waals surface area contributed by atoms with Gasteiger partial charge in [-0.15, -0.1) is 10.2 Å². The summed E-state index contributed by atoms with van der Waals surface area (Å²) in [5.74, 6) is 1.41. The van der Waals surface area contributed by atoms with Gasteiger partial charge in [-0.25, -0.2) is 0 Å². The van der Waals surface area contributed by atoms with E-state index in [0.717, 1.165) is 16.8 Å². The molecule has 33 heavy (non-hydrogen) atoms. The molecule has 0 radical (unpaired) electrons. The van der Waals surface area contributed by atoms with Crippen LogP contribution in [0.3, 0.4) is 0 Å². The number of carbonyl (C=O) groups is 1. The second kappa shape index (κ2) is 10.1. The number of thioether (sulfide) groups is 1. The van der Waals surface area contributed by atoms with E-state index in [4.69, 9.17) is 16.3 Å². The van der Waals surface area contributed by atoms with Crippen molar-refractivity contribution in [2.45, 2.75) is 19.0 Å². The molecule has 0 bridgehead atoms. The summed E-state index contributed by atoms with van der Waals surface area (Å²) >= 11 is 7.40. The molecule has 0 saturated heterocycles. The second-order valence-corrected chi connectivity index (χ2v) is 8.86. The van der Waals surface area contributed by atoms with Gasteiger partial charge in [0.2, 0.25) is 5.91 Å². The van der Waals surface area contributed by atoms with Gasteiger partial charge in [0.15, 0.2) is 11.0 Å². The molecule has 1 amide bonds. The van der Waals surface area contributed by atoms with E-state index in [9.17, 15) is 4.79 Å². The molecule has 3 aromatic carbocycles. The van der Waals surface area contributed by atoms with Gasteiger partial charge in [-0.2, -0.15) is 0 Å². The fourth-order valence-electron chi connectivity index (χ4n) is 3.27. The number of ether oxygens (including phenoxy) is 1. The highest BCUT2D eigenvalue weighted by atomic mass is 35.5. The molecule has 4 rings (SSSR count). The van der Waals surface area contributed by atoms with Gasteiger partial charge in [0, 0.05) is 22.3 Å². The summed E-state index contributed by atoms with van der Waals surface area (Å²) in [6.45, 7) is 4.14. The van der Waals surface area contributed by atoms with Crippen LogP contribution in [0.2, 0.25) is 5.02 Å². The fraction of sp³-hybridized carbons (Fsp3) is 0.160. The lowest BCUT2D eigenvalue weighted by molar-refractivity contribution is -0.113. The van der Waals surface area contributed by atoms with E-state index in [-0.39, 0.29) is 11.7 Å². The number of aromatic nitrogens is 3. The summed E-state index contributed by atoms with van der Waals surface area (Å²) in [6, 6.07) is 20.9. The Morgan fingerprint density at radius 1 is 1.03 bits per heavy atom. The number of rotatable bonds is 7. The summed E-state index contributed by atoms with van der Waals surface area (Å²) in [7, 11) is 1.59. The average molecular weight is 479 g/mol. The molecular formula is C25H23ClN4O2S. The van der Waals surface area contributed by atoms with Crippen LogP contribution >= 0.6 is 23.4 Å². The van der Waals surface area contributed by atoms with Crippen molar-refractivity contribution >= 4 is 35.0 Å². The monoisotopic (exact) mass is 478 g/mol. The van der Waals surface area contributed by atoms with Gasteiger partial charge in [0.05, 0.1) is 18.6 Å². The van der Waals surface area contributed by atoms with Crippen LogP contribution in [0, 0.1) is 13.8 Å². The minimum absolute atomic E-state index is 0.143. The molecule has 0 atom stereocenters. The van der Waals surface area contributed by atoms with Crippen LogP contribution in [0.15, 0.2) is 71.9 Å². The number of aryl methyl sites for hydroxylation is 2. The van der Waals surface area contributed by atoms with Crippen molar-refractivity contribution in [1.29, 1.82) is 0 Å². The lowest BCUT2D eigenvalue weighted by Crippen LogP contribution is -2.14. The smallest absolute Gasteiger partial charge is 0.234 e. The molecule has 1 heterocycles. The first-order chi connectivity index (χ1) is 15.9. The summed E-state index contributed by atoms with van der Waals surface area (Å²) in [6.07, 6.45) is 0. The van der Waals surface area contributed by atoms with Gasteiger partial charge in [-0.3, -0.25) is 9.36 Å². The van der Waals surface area contributed by atoms with Crippen molar-refractivity contribution in [3.63, 3.8) is 0 Å².